The minimum absolute atomic E-state index is 0.295. The van der Waals surface area contributed by atoms with Crippen molar-refractivity contribution in [1.82, 2.24) is 15.1 Å². The molecule has 2 N–H and O–H groups in total. The topological polar surface area (TPSA) is 50.1 Å². The van der Waals surface area contributed by atoms with Gasteiger partial charge in [0.1, 0.15) is 5.15 Å². The Morgan fingerprint density at radius 2 is 1.95 bits per heavy atom. The molecule has 0 saturated heterocycles. The molecule has 1 aromatic carbocycles. The number of hydrogen-bond acceptors (Lipinski definition) is 3. The lowest BCUT2D eigenvalue weighted by atomic mass is 10.2. The Morgan fingerprint density at radius 3 is 2.59 bits per heavy atom. The number of rotatable bonds is 7. The van der Waals surface area contributed by atoms with Crippen molar-refractivity contribution in [2.75, 3.05) is 6.54 Å². The van der Waals surface area contributed by atoms with Gasteiger partial charge in [-0.3, -0.25) is 0 Å². The molecule has 4 nitrogen and oxygen atoms in total. The number of aromatic nitrogens is 2. The first-order valence-electron chi connectivity index (χ1n) is 7.32. The van der Waals surface area contributed by atoms with Gasteiger partial charge < -0.3 is 10.4 Å². The van der Waals surface area contributed by atoms with Crippen molar-refractivity contribution in [3.05, 3.63) is 51.3 Å². The van der Waals surface area contributed by atoms with Gasteiger partial charge >= 0.3 is 0 Å². The maximum atomic E-state index is 9.25. The SMILES string of the molecule is Cc1nn(Cc2ccc(Cl)cc2)c(Cl)c1CNCCC(C)O. The zero-order valence-electron chi connectivity index (χ0n) is 12.8. The van der Waals surface area contributed by atoms with Crippen LogP contribution in [0, 0.1) is 6.92 Å². The number of nitrogens with one attached hydrogen (secondary N) is 1. The highest BCUT2D eigenvalue weighted by molar-refractivity contribution is 6.30. The van der Waals surface area contributed by atoms with Gasteiger partial charge in [-0.25, -0.2) is 4.68 Å². The fourth-order valence-corrected chi connectivity index (χ4v) is 2.61. The van der Waals surface area contributed by atoms with Crippen LogP contribution in [0.15, 0.2) is 24.3 Å². The third-order valence-corrected chi connectivity index (χ3v) is 4.14. The molecule has 0 amide bonds. The maximum Gasteiger partial charge on any atom is 0.132 e. The van der Waals surface area contributed by atoms with Crippen LogP contribution in [0.4, 0.5) is 0 Å². The summed E-state index contributed by atoms with van der Waals surface area (Å²) in [5.41, 5.74) is 3.02. The van der Waals surface area contributed by atoms with Crippen molar-refractivity contribution in [3.63, 3.8) is 0 Å². The monoisotopic (exact) mass is 341 g/mol. The summed E-state index contributed by atoms with van der Waals surface area (Å²) in [6.45, 7) is 5.75. The molecule has 0 spiro atoms. The van der Waals surface area contributed by atoms with Gasteiger partial charge in [-0.05, 0) is 44.5 Å². The Balaban J connectivity index is 2.01. The summed E-state index contributed by atoms with van der Waals surface area (Å²) in [4.78, 5) is 0. The lowest BCUT2D eigenvalue weighted by Crippen LogP contribution is -2.19. The number of benzene rings is 1. The van der Waals surface area contributed by atoms with Crippen molar-refractivity contribution in [2.24, 2.45) is 0 Å². The van der Waals surface area contributed by atoms with Crippen molar-refractivity contribution < 1.29 is 5.11 Å². The van der Waals surface area contributed by atoms with Crippen molar-refractivity contribution in [3.8, 4) is 0 Å². The van der Waals surface area contributed by atoms with E-state index in [-0.39, 0.29) is 6.10 Å². The van der Waals surface area contributed by atoms with Crippen LogP contribution in [0.5, 0.6) is 0 Å². The summed E-state index contributed by atoms with van der Waals surface area (Å²) in [5, 5.41) is 18.4. The third kappa shape index (κ3) is 4.71. The van der Waals surface area contributed by atoms with Gasteiger partial charge in [-0.2, -0.15) is 5.10 Å². The number of aliphatic hydroxyl groups excluding tert-OH is 1. The summed E-state index contributed by atoms with van der Waals surface area (Å²) in [6.07, 6.45) is 0.423. The Morgan fingerprint density at radius 1 is 1.27 bits per heavy atom. The first kappa shape index (κ1) is 17.3. The van der Waals surface area contributed by atoms with E-state index in [4.69, 9.17) is 23.2 Å². The molecule has 1 atom stereocenters. The normalized spacial score (nSPS) is 12.6. The highest BCUT2D eigenvalue weighted by atomic mass is 35.5. The Bertz CT molecular complexity index is 609. The van der Waals surface area contributed by atoms with Gasteiger partial charge in [0.15, 0.2) is 0 Å². The number of aryl methyl sites for hydroxylation is 1. The largest absolute Gasteiger partial charge is 0.393 e. The van der Waals surface area contributed by atoms with Gasteiger partial charge in [-0.1, -0.05) is 35.3 Å². The number of nitrogens with zero attached hydrogens (tertiary/aromatic N) is 2. The molecule has 1 unspecified atom stereocenters. The smallest absolute Gasteiger partial charge is 0.132 e. The summed E-state index contributed by atoms with van der Waals surface area (Å²) >= 11 is 12.3. The molecule has 0 saturated carbocycles. The molecule has 0 aliphatic rings. The number of hydrogen-bond donors (Lipinski definition) is 2. The minimum atomic E-state index is -0.295. The van der Waals surface area contributed by atoms with Crippen LogP contribution in [-0.4, -0.2) is 27.5 Å². The lowest BCUT2D eigenvalue weighted by molar-refractivity contribution is 0.183. The molecule has 0 aliphatic carbocycles. The Hall–Kier alpha value is -1.07. The summed E-state index contributed by atoms with van der Waals surface area (Å²) in [7, 11) is 0. The Labute approximate surface area is 141 Å². The zero-order valence-corrected chi connectivity index (χ0v) is 14.3. The number of aliphatic hydroxyl groups is 1. The van der Waals surface area contributed by atoms with E-state index in [1.54, 1.807) is 11.6 Å². The van der Waals surface area contributed by atoms with E-state index in [0.29, 0.717) is 18.2 Å². The fraction of sp³-hybridized carbons (Fsp3) is 0.438. The predicted octanol–water partition coefficient (Wildman–Crippen LogP) is 3.41. The van der Waals surface area contributed by atoms with E-state index in [1.807, 2.05) is 31.2 Å². The van der Waals surface area contributed by atoms with E-state index in [0.717, 1.165) is 34.8 Å². The van der Waals surface area contributed by atoms with Crippen LogP contribution in [0.2, 0.25) is 10.2 Å². The molecular formula is C16H21Cl2N3O. The molecule has 2 rings (SSSR count). The first-order valence-corrected chi connectivity index (χ1v) is 8.08. The third-order valence-electron chi connectivity index (χ3n) is 3.47. The van der Waals surface area contributed by atoms with Crippen molar-refractivity contribution in [2.45, 2.75) is 39.5 Å². The first-order chi connectivity index (χ1) is 10.5. The van der Waals surface area contributed by atoms with Gasteiger partial charge in [0.25, 0.3) is 0 Å². The van der Waals surface area contributed by atoms with E-state index in [2.05, 4.69) is 10.4 Å². The Kier molecular flexibility index (Phi) is 6.26. The van der Waals surface area contributed by atoms with Crippen molar-refractivity contribution in [1.29, 1.82) is 0 Å². The minimum Gasteiger partial charge on any atom is -0.393 e. The molecule has 6 heteroatoms. The van der Waals surface area contributed by atoms with Crippen LogP contribution in [0.3, 0.4) is 0 Å². The number of halogens is 2. The molecule has 0 aliphatic heterocycles. The van der Waals surface area contributed by atoms with Crippen LogP contribution in [0.25, 0.3) is 0 Å². The van der Waals surface area contributed by atoms with E-state index >= 15 is 0 Å². The summed E-state index contributed by atoms with van der Waals surface area (Å²) in [5.74, 6) is 0. The fourth-order valence-electron chi connectivity index (χ4n) is 2.18. The quantitative estimate of drug-likeness (QED) is 0.758. The molecule has 0 radical (unpaired) electrons. The average Bonchev–Trinajstić information content (AvgIpc) is 2.72. The predicted molar refractivity (Wildman–Crippen MR) is 90.5 cm³/mol. The second kappa shape index (κ2) is 7.97. The summed E-state index contributed by atoms with van der Waals surface area (Å²) in [6, 6.07) is 7.66. The van der Waals surface area contributed by atoms with Gasteiger partial charge in [0.05, 0.1) is 18.3 Å². The highest BCUT2D eigenvalue weighted by Gasteiger charge is 2.13. The molecule has 22 heavy (non-hydrogen) atoms. The highest BCUT2D eigenvalue weighted by Crippen LogP contribution is 2.21. The van der Waals surface area contributed by atoms with Crippen LogP contribution < -0.4 is 5.32 Å². The molecule has 0 fully saturated rings. The summed E-state index contributed by atoms with van der Waals surface area (Å²) < 4.78 is 1.80. The molecule has 2 aromatic rings. The lowest BCUT2D eigenvalue weighted by Gasteiger charge is -2.07. The van der Waals surface area contributed by atoms with Gasteiger partial charge in [-0.15, -0.1) is 0 Å². The van der Waals surface area contributed by atoms with Gasteiger partial charge in [0, 0.05) is 17.1 Å². The molecule has 0 bridgehead atoms. The molecule has 1 aromatic heterocycles. The average molecular weight is 342 g/mol. The van der Waals surface area contributed by atoms with Crippen molar-refractivity contribution >= 4 is 23.2 Å². The molecular weight excluding hydrogens is 321 g/mol. The van der Waals surface area contributed by atoms with Crippen LogP contribution >= 0.6 is 23.2 Å². The van der Waals surface area contributed by atoms with Crippen LogP contribution in [0.1, 0.15) is 30.2 Å². The zero-order chi connectivity index (χ0) is 16.1. The molecule has 1 heterocycles. The van der Waals surface area contributed by atoms with E-state index < -0.39 is 0 Å². The van der Waals surface area contributed by atoms with Crippen LogP contribution in [-0.2, 0) is 13.1 Å². The second-order valence-electron chi connectivity index (χ2n) is 5.45. The van der Waals surface area contributed by atoms with E-state index in [1.165, 1.54) is 0 Å². The van der Waals surface area contributed by atoms with Gasteiger partial charge in [0.2, 0.25) is 0 Å². The second-order valence-corrected chi connectivity index (χ2v) is 6.25. The molecule has 120 valence electrons. The maximum absolute atomic E-state index is 9.25. The standard InChI is InChI=1S/C16H21Cl2N3O/c1-11(22)7-8-19-9-15-12(2)20-21(16(15)18)10-13-3-5-14(17)6-4-13/h3-6,11,19,22H,7-10H2,1-2H3. The van der Waals surface area contributed by atoms with E-state index in [9.17, 15) is 5.11 Å².